The largest absolute Gasteiger partial charge is 0.462 e. The van der Waals surface area contributed by atoms with E-state index in [2.05, 4.69) is 26.5 Å². The van der Waals surface area contributed by atoms with E-state index in [1.165, 1.54) is 17.9 Å². The third-order valence-electron chi connectivity index (χ3n) is 5.59. The third kappa shape index (κ3) is 6.85. The molecule has 0 aliphatic heterocycles. The fraction of sp³-hybridized carbons (Fsp3) is 0.296. The second kappa shape index (κ2) is 13.5. The lowest BCUT2D eigenvalue weighted by atomic mass is 10.1. The predicted octanol–water partition coefficient (Wildman–Crippen LogP) is 4.30. The van der Waals surface area contributed by atoms with Crippen LogP contribution in [0, 0.1) is 18.3 Å². The average Bonchev–Trinajstić information content (AvgIpc) is 3.39. The summed E-state index contributed by atoms with van der Waals surface area (Å²) in [4.78, 5) is 37.3. The normalized spacial score (nSPS) is 10.9. The Morgan fingerprint density at radius 3 is 2.63 bits per heavy atom. The number of furan rings is 1. The van der Waals surface area contributed by atoms with Crippen LogP contribution in [-0.2, 0) is 27.4 Å². The molecule has 3 aromatic rings. The monoisotopic (exact) mass is 582 g/mol. The molecule has 2 aromatic heterocycles. The van der Waals surface area contributed by atoms with Crippen molar-refractivity contribution in [2.75, 3.05) is 13.7 Å². The second-order valence-electron chi connectivity index (χ2n) is 8.25. The summed E-state index contributed by atoms with van der Waals surface area (Å²) >= 11 is 3.39. The van der Waals surface area contributed by atoms with Gasteiger partial charge >= 0.3 is 5.97 Å². The summed E-state index contributed by atoms with van der Waals surface area (Å²) in [5, 5.41) is 13.3. The van der Waals surface area contributed by atoms with E-state index in [4.69, 9.17) is 13.9 Å². The van der Waals surface area contributed by atoms with E-state index < -0.39 is 11.5 Å². The maximum absolute atomic E-state index is 12.8. The lowest BCUT2D eigenvalue weighted by Crippen LogP contribution is -2.33. The van der Waals surface area contributed by atoms with Gasteiger partial charge in [0.05, 0.1) is 25.0 Å². The highest BCUT2D eigenvalue weighted by molar-refractivity contribution is 9.10. The van der Waals surface area contributed by atoms with Gasteiger partial charge in [0.15, 0.2) is 0 Å². The van der Waals surface area contributed by atoms with Crippen molar-refractivity contribution in [2.45, 2.75) is 39.8 Å². The van der Waals surface area contributed by atoms with E-state index in [1.54, 1.807) is 43.3 Å². The van der Waals surface area contributed by atoms with E-state index in [0.29, 0.717) is 39.4 Å². The predicted molar refractivity (Wildman–Crippen MR) is 144 cm³/mol. The summed E-state index contributed by atoms with van der Waals surface area (Å²) in [6.45, 7) is 3.83. The van der Waals surface area contributed by atoms with Gasteiger partial charge in [0.1, 0.15) is 29.7 Å². The smallest absolute Gasteiger partial charge is 0.338 e. The quantitative estimate of drug-likeness (QED) is 0.154. The molecule has 0 bridgehead atoms. The van der Waals surface area contributed by atoms with Crippen LogP contribution in [0.15, 0.2) is 55.2 Å². The van der Waals surface area contributed by atoms with Crippen molar-refractivity contribution in [3.05, 3.63) is 79.4 Å². The number of nitriles is 1. The molecule has 198 valence electrons. The minimum Gasteiger partial charge on any atom is -0.462 e. The molecule has 1 aromatic carbocycles. The van der Waals surface area contributed by atoms with Crippen LogP contribution in [0.4, 0.5) is 0 Å². The van der Waals surface area contributed by atoms with Crippen molar-refractivity contribution < 1.29 is 23.5 Å². The van der Waals surface area contributed by atoms with Gasteiger partial charge in [0, 0.05) is 28.4 Å². The number of rotatable bonds is 11. The first-order chi connectivity index (χ1) is 18.3. The van der Waals surface area contributed by atoms with Crippen molar-refractivity contribution in [3.8, 4) is 17.4 Å². The number of unbranched alkanes of at least 4 members (excludes halogenated alkanes) is 1. The number of hydrogen-bond acceptors (Lipinski definition) is 8. The van der Waals surface area contributed by atoms with Crippen molar-refractivity contribution in [2.24, 2.45) is 5.10 Å². The number of ether oxygens (including phenoxy) is 2. The number of benzene rings is 1. The molecule has 38 heavy (non-hydrogen) atoms. The van der Waals surface area contributed by atoms with Crippen molar-refractivity contribution in [3.63, 3.8) is 0 Å². The molecule has 0 aliphatic rings. The first-order valence-corrected chi connectivity index (χ1v) is 12.6. The average molecular weight is 583 g/mol. The van der Waals surface area contributed by atoms with Crippen molar-refractivity contribution in [1.82, 2.24) is 9.99 Å². The molecule has 3 rings (SSSR count). The highest BCUT2D eigenvalue weighted by Crippen LogP contribution is 2.24. The summed E-state index contributed by atoms with van der Waals surface area (Å²) < 4.78 is 17.8. The van der Waals surface area contributed by atoms with Crippen LogP contribution < -0.4 is 11.0 Å². The minimum absolute atomic E-state index is 0.0811. The zero-order valence-corrected chi connectivity index (χ0v) is 22.8. The topological polar surface area (TPSA) is 136 Å². The zero-order chi connectivity index (χ0) is 27.7. The van der Waals surface area contributed by atoms with Crippen LogP contribution in [0.1, 0.15) is 52.7 Å². The Bertz CT molecular complexity index is 1430. The van der Waals surface area contributed by atoms with Crippen LogP contribution >= 0.6 is 15.9 Å². The van der Waals surface area contributed by atoms with E-state index >= 15 is 0 Å². The number of nitrogens with zero attached hydrogens (tertiary/aromatic N) is 3. The van der Waals surface area contributed by atoms with Crippen LogP contribution in [0.3, 0.4) is 0 Å². The Labute approximate surface area is 228 Å². The molecule has 2 heterocycles. The van der Waals surface area contributed by atoms with E-state index in [0.717, 1.165) is 18.4 Å². The standard InChI is InChI=1S/C27H27BrN4O6/c1-4-5-12-37-27(35)19-8-6-18(7-9-19)23-11-10-20(38-23)14-30-31-24(33)15-32-17(2)25(28)22(16-36-3)21(13-29)26(32)34/h6-11,14H,4-5,12,15-16H2,1-3H3,(H,31,33)/b30-14+. The molecule has 0 radical (unpaired) electrons. The van der Waals surface area contributed by atoms with Gasteiger partial charge in [-0.3, -0.25) is 9.59 Å². The summed E-state index contributed by atoms with van der Waals surface area (Å²) in [6.07, 6.45) is 3.10. The number of pyridine rings is 1. The fourth-order valence-corrected chi connectivity index (χ4v) is 4.06. The second-order valence-corrected chi connectivity index (χ2v) is 9.04. The molecule has 11 heteroatoms. The molecular weight excluding hydrogens is 556 g/mol. The van der Waals surface area contributed by atoms with E-state index in [1.807, 2.05) is 13.0 Å². The highest BCUT2D eigenvalue weighted by atomic mass is 79.9. The van der Waals surface area contributed by atoms with E-state index in [9.17, 15) is 19.6 Å². The molecule has 1 N–H and O–H groups in total. The summed E-state index contributed by atoms with van der Waals surface area (Å²) in [7, 11) is 1.46. The number of halogens is 1. The first-order valence-electron chi connectivity index (χ1n) is 11.8. The third-order valence-corrected chi connectivity index (χ3v) is 6.65. The molecular formula is C27H27BrN4O6. The number of carbonyl (C=O) groups is 2. The van der Waals surface area contributed by atoms with Gasteiger partial charge in [-0.25, -0.2) is 10.2 Å². The molecule has 0 unspecified atom stereocenters. The molecule has 0 aliphatic carbocycles. The Kier molecular flexibility index (Phi) is 10.2. The zero-order valence-electron chi connectivity index (χ0n) is 21.2. The number of amides is 1. The van der Waals surface area contributed by atoms with Gasteiger partial charge in [0.2, 0.25) is 0 Å². The van der Waals surface area contributed by atoms with E-state index in [-0.39, 0.29) is 24.7 Å². The van der Waals surface area contributed by atoms with Gasteiger partial charge in [-0.15, -0.1) is 0 Å². The Morgan fingerprint density at radius 1 is 1.24 bits per heavy atom. The maximum Gasteiger partial charge on any atom is 0.338 e. The van der Waals surface area contributed by atoms with Crippen LogP contribution in [0.2, 0.25) is 0 Å². The minimum atomic E-state index is -0.588. The molecule has 10 nitrogen and oxygen atoms in total. The maximum atomic E-state index is 12.8. The summed E-state index contributed by atoms with van der Waals surface area (Å²) in [5.74, 6) is 0.00790. The van der Waals surface area contributed by atoms with Crippen LogP contribution in [0.5, 0.6) is 0 Å². The number of esters is 1. The molecule has 1 amide bonds. The fourth-order valence-electron chi connectivity index (χ4n) is 3.54. The summed E-state index contributed by atoms with van der Waals surface area (Å²) in [6, 6.07) is 12.2. The Balaban J connectivity index is 1.63. The molecule has 0 saturated carbocycles. The lowest BCUT2D eigenvalue weighted by Gasteiger charge is -2.15. The number of nitrogens with one attached hydrogen (secondary N) is 1. The SMILES string of the molecule is CCCCOC(=O)c1ccc(-c2ccc(/C=N/NC(=O)Cn3c(C)c(Br)c(COC)c(C#N)c3=O)o2)cc1. The van der Waals surface area contributed by atoms with Crippen LogP contribution in [-0.4, -0.2) is 36.4 Å². The number of methoxy groups -OCH3 is 1. The number of carbonyl (C=O) groups excluding carboxylic acids is 2. The number of hydrogen-bond donors (Lipinski definition) is 1. The van der Waals surface area contributed by atoms with Gasteiger partial charge < -0.3 is 18.5 Å². The van der Waals surface area contributed by atoms with Gasteiger partial charge in [-0.1, -0.05) is 25.5 Å². The Morgan fingerprint density at radius 2 is 1.97 bits per heavy atom. The number of hydrazone groups is 1. The lowest BCUT2D eigenvalue weighted by molar-refractivity contribution is -0.121. The van der Waals surface area contributed by atoms with Crippen molar-refractivity contribution >= 4 is 34.0 Å². The van der Waals surface area contributed by atoms with Gasteiger partial charge in [-0.2, -0.15) is 10.4 Å². The Hall–Kier alpha value is -4.01. The number of aromatic nitrogens is 1. The van der Waals surface area contributed by atoms with Gasteiger partial charge in [-0.05, 0) is 53.5 Å². The molecule has 0 saturated heterocycles. The summed E-state index contributed by atoms with van der Waals surface area (Å²) in [5.41, 5.74) is 3.80. The molecule has 0 fully saturated rings. The highest BCUT2D eigenvalue weighted by Gasteiger charge is 2.19. The first kappa shape index (κ1) is 28.6. The molecule has 0 atom stereocenters. The van der Waals surface area contributed by atoms with Crippen molar-refractivity contribution in [1.29, 1.82) is 5.26 Å². The molecule has 0 spiro atoms. The van der Waals surface area contributed by atoms with Crippen LogP contribution in [0.25, 0.3) is 11.3 Å². The van der Waals surface area contributed by atoms with Gasteiger partial charge in [0.25, 0.3) is 11.5 Å².